The van der Waals surface area contributed by atoms with E-state index in [4.69, 9.17) is 0 Å². The van der Waals surface area contributed by atoms with E-state index in [1.54, 1.807) is 0 Å². The molecule has 1 heteroatoms. The minimum absolute atomic E-state index is 0.310. The molecule has 0 fully saturated rings. The van der Waals surface area contributed by atoms with Crippen LogP contribution in [0.3, 0.4) is 0 Å². The highest BCUT2D eigenvalue weighted by molar-refractivity contribution is 4.79. The van der Waals surface area contributed by atoms with Crippen molar-refractivity contribution in [3.05, 3.63) is 12.2 Å². The van der Waals surface area contributed by atoms with Crippen LogP contribution in [0.5, 0.6) is 0 Å². The molecule has 1 radical (unpaired) electrons. The third-order valence-corrected chi connectivity index (χ3v) is 2.18. The Kier molecular flexibility index (Phi) is 9.56. The Morgan fingerprint density at radius 1 is 1.08 bits per heavy atom. The monoisotopic (exact) mass is 183 g/mol. The van der Waals surface area contributed by atoms with E-state index in [1.807, 2.05) is 0 Å². The maximum Gasteiger partial charge on any atom is 0.0930 e. The van der Waals surface area contributed by atoms with Gasteiger partial charge in [0.15, 0.2) is 0 Å². The molecule has 13 heavy (non-hydrogen) atoms. The first-order valence-electron chi connectivity index (χ1n) is 5.62. The summed E-state index contributed by atoms with van der Waals surface area (Å²) in [5.74, 6) is 0. The number of rotatable bonds is 8. The fraction of sp³-hybridized carbons (Fsp3) is 0.833. The van der Waals surface area contributed by atoms with Gasteiger partial charge in [0, 0.05) is 0 Å². The molecule has 0 spiro atoms. The van der Waals surface area contributed by atoms with Crippen molar-refractivity contribution in [2.45, 2.75) is 64.9 Å². The predicted molar refractivity (Wildman–Crippen MR) is 57.3 cm³/mol. The lowest BCUT2D eigenvalue weighted by Gasteiger charge is -2.05. The average molecular weight is 183 g/mol. The molecule has 1 nitrogen and oxygen atoms in total. The minimum atomic E-state index is -0.310. The van der Waals surface area contributed by atoms with Crippen molar-refractivity contribution < 1.29 is 5.11 Å². The molecule has 0 rings (SSSR count). The topological polar surface area (TPSA) is 19.9 Å². The van der Waals surface area contributed by atoms with Gasteiger partial charge in [-0.25, -0.2) is 5.11 Å². The van der Waals surface area contributed by atoms with Crippen LogP contribution in [-0.2, 0) is 5.11 Å². The zero-order valence-corrected chi connectivity index (χ0v) is 9.09. The molecule has 0 aliphatic rings. The van der Waals surface area contributed by atoms with Crippen molar-refractivity contribution in [2.75, 3.05) is 0 Å². The van der Waals surface area contributed by atoms with Crippen LogP contribution in [0.4, 0.5) is 0 Å². The van der Waals surface area contributed by atoms with Gasteiger partial charge in [-0.1, -0.05) is 38.8 Å². The van der Waals surface area contributed by atoms with E-state index in [2.05, 4.69) is 26.0 Å². The number of hydrogen-bond donors (Lipinski definition) is 0. The predicted octanol–water partition coefficient (Wildman–Crippen LogP) is 4.11. The maximum absolute atomic E-state index is 11.3. The van der Waals surface area contributed by atoms with E-state index >= 15 is 0 Å². The molecule has 0 heterocycles. The summed E-state index contributed by atoms with van der Waals surface area (Å²) in [5.41, 5.74) is 0. The van der Waals surface area contributed by atoms with E-state index in [9.17, 15) is 5.11 Å². The molecule has 0 amide bonds. The van der Waals surface area contributed by atoms with Crippen molar-refractivity contribution in [3.8, 4) is 0 Å². The van der Waals surface area contributed by atoms with Gasteiger partial charge in [0.2, 0.25) is 0 Å². The summed E-state index contributed by atoms with van der Waals surface area (Å²) in [7, 11) is 0. The molecule has 0 saturated carbocycles. The molecule has 0 aliphatic carbocycles. The highest BCUT2D eigenvalue weighted by Crippen LogP contribution is 2.09. The Morgan fingerprint density at radius 2 is 1.77 bits per heavy atom. The Labute approximate surface area is 82.9 Å². The molecule has 0 aromatic heterocycles. The lowest BCUT2D eigenvalue weighted by Crippen LogP contribution is -2.03. The lowest BCUT2D eigenvalue weighted by molar-refractivity contribution is 0.0702. The summed E-state index contributed by atoms with van der Waals surface area (Å²) in [6.07, 6.45) is 11.3. The van der Waals surface area contributed by atoms with Gasteiger partial charge in [0.05, 0.1) is 6.10 Å². The van der Waals surface area contributed by atoms with Gasteiger partial charge in [-0.3, -0.25) is 0 Å². The van der Waals surface area contributed by atoms with E-state index in [-0.39, 0.29) is 6.10 Å². The van der Waals surface area contributed by atoms with E-state index in [1.165, 1.54) is 0 Å². The third kappa shape index (κ3) is 9.62. The quantitative estimate of drug-likeness (QED) is 0.398. The van der Waals surface area contributed by atoms with E-state index < -0.39 is 0 Å². The molecule has 0 saturated heterocycles. The second-order valence-electron chi connectivity index (χ2n) is 3.57. The van der Waals surface area contributed by atoms with Gasteiger partial charge < -0.3 is 0 Å². The van der Waals surface area contributed by atoms with Crippen LogP contribution >= 0.6 is 0 Å². The van der Waals surface area contributed by atoms with Crippen molar-refractivity contribution in [1.29, 1.82) is 0 Å². The second kappa shape index (κ2) is 9.79. The Hall–Kier alpha value is -0.300. The molecular weight excluding hydrogens is 160 g/mol. The van der Waals surface area contributed by atoms with Crippen molar-refractivity contribution in [2.24, 2.45) is 0 Å². The van der Waals surface area contributed by atoms with Crippen LogP contribution < -0.4 is 0 Å². The summed E-state index contributed by atoms with van der Waals surface area (Å²) in [5, 5.41) is 11.3. The highest BCUT2D eigenvalue weighted by Gasteiger charge is 2.03. The van der Waals surface area contributed by atoms with Gasteiger partial charge in [-0.2, -0.15) is 0 Å². The first-order chi connectivity index (χ1) is 6.31. The molecule has 1 atom stereocenters. The average Bonchev–Trinajstić information content (AvgIpc) is 2.14. The van der Waals surface area contributed by atoms with Gasteiger partial charge >= 0.3 is 0 Å². The van der Waals surface area contributed by atoms with Crippen LogP contribution in [-0.4, -0.2) is 6.10 Å². The second-order valence-corrected chi connectivity index (χ2v) is 3.57. The smallest absolute Gasteiger partial charge is 0.0930 e. The van der Waals surface area contributed by atoms with Crippen LogP contribution in [0.25, 0.3) is 0 Å². The van der Waals surface area contributed by atoms with Gasteiger partial charge in [0.25, 0.3) is 0 Å². The third-order valence-electron chi connectivity index (χ3n) is 2.18. The molecule has 1 unspecified atom stereocenters. The first-order valence-corrected chi connectivity index (χ1v) is 5.62. The summed E-state index contributed by atoms with van der Waals surface area (Å²) >= 11 is 0. The van der Waals surface area contributed by atoms with Crippen molar-refractivity contribution in [3.63, 3.8) is 0 Å². The molecule has 0 aromatic carbocycles. The fourth-order valence-electron chi connectivity index (χ4n) is 1.32. The number of hydrogen-bond acceptors (Lipinski definition) is 0. The standard InChI is InChI=1S/C12H23O/c1-3-5-7-8-9-11-12(13)10-6-4-2/h5,7,12H,3-4,6,8-11H2,1-2H3. The summed E-state index contributed by atoms with van der Waals surface area (Å²) in [6, 6.07) is 0. The fourth-order valence-corrected chi connectivity index (χ4v) is 1.32. The summed E-state index contributed by atoms with van der Waals surface area (Å²) in [6.45, 7) is 4.27. The van der Waals surface area contributed by atoms with Gasteiger partial charge in [-0.15, -0.1) is 0 Å². The molecule has 77 valence electrons. The summed E-state index contributed by atoms with van der Waals surface area (Å²) < 4.78 is 0. The minimum Gasteiger partial charge on any atom is -0.233 e. The zero-order valence-electron chi connectivity index (χ0n) is 9.09. The van der Waals surface area contributed by atoms with Gasteiger partial charge in [-0.05, 0) is 32.1 Å². The normalized spacial score (nSPS) is 13.8. The SMILES string of the molecule is CCC=CCCCC([O])CCCC. The van der Waals surface area contributed by atoms with Crippen LogP contribution in [0.1, 0.15) is 58.8 Å². The number of allylic oxidation sites excluding steroid dienone is 2. The van der Waals surface area contributed by atoms with Gasteiger partial charge in [0.1, 0.15) is 0 Å². The molecule has 0 N–H and O–H groups in total. The Balaban J connectivity index is 3.16. The molecular formula is C12H23O. The Morgan fingerprint density at radius 3 is 2.38 bits per heavy atom. The summed E-state index contributed by atoms with van der Waals surface area (Å²) in [4.78, 5) is 0. The van der Waals surface area contributed by atoms with E-state index in [0.29, 0.717) is 0 Å². The highest BCUT2D eigenvalue weighted by atomic mass is 16.3. The number of unbranched alkanes of at least 4 members (excludes halogenated alkanes) is 2. The first kappa shape index (κ1) is 12.7. The molecule has 0 aliphatic heterocycles. The maximum atomic E-state index is 11.3. The van der Waals surface area contributed by atoms with Crippen molar-refractivity contribution in [1.82, 2.24) is 0 Å². The molecule has 0 bridgehead atoms. The lowest BCUT2D eigenvalue weighted by atomic mass is 10.1. The Bertz CT molecular complexity index is 118. The van der Waals surface area contributed by atoms with E-state index in [0.717, 1.165) is 44.9 Å². The largest absolute Gasteiger partial charge is 0.233 e. The van der Waals surface area contributed by atoms with Crippen LogP contribution in [0.2, 0.25) is 0 Å². The van der Waals surface area contributed by atoms with Crippen LogP contribution in [0.15, 0.2) is 12.2 Å². The molecule has 0 aromatic rings. The van der Waals surface area contributed by atoms with Crippen molar-refractivity contribution >= 4 is 0 Å². The zero-order chi connectivity index (χ0) is 9.94. The van der Waals surface area contributed by atoms with Crippen LogP contribution in [0, 0.1) is 0 Å².